The SMILES string of the molecule is COCc1cc2c(Nc3ccn[nH]3)nc(C(F)F)cn2n1. The summed E-state index contributed by atoms with van der Waals surface area (Å²) in [4.78, 5) is 3.94. The Balaban J connectivity index is 2.09. The number of ether oxygens (including phenoxy) is 1. The van der Waals surface area contributed by atoms with Crippen LogP contribution in [0.1, 0.15) is 17.8 Å². The first-order valence-corrected chi connectivity index (χ1v) is 6.10. The van der Waals surface area contributed by atoms with Gasteiger partial charge in [-0.1, -0.05) is 0 Å². The van der Waals surface area contributed by atoms with E-state index in [9.17, 15) is 8.78 Å². The van der Waals surface area contributed by atoms with Gasteiger partial charge in [-0.05, 0) is 6.07 Å². The van der Waals surface area contributed by atoms with Crippen molar-refractivity contribution in [2.45, 2.75) is 13.0 Å². The normalized spacial score (nSPS) is 11.4. The van der Waals surface area contributed by atoms with Crippen LogP contribution in [0, 0.1) is 0 Å². The molecule has 0 saturated heterocycles. The molecule has 0 unspecified atom stereocenters. The highest BCUT2D eigenvalue weighted by Crippen LogP contribution is 2.24. The van der Waals surface area contributed by atoms with Crippen LogP contribution < -0.4 is 5.32 Å². The molecule has 110 valence electrons. The number of aromatic nitrogens is 5. The maximum Gasteiger partial charge on any atom is 0.281 e. The highest BCUT2D eigenvalue weighted by Gasteiger charge is 2.16. The molecule has 21 heavy (non-hydrogen) atoms. The number of hydrogen-bond donors (Lipinski definition) is 2. The number of anilines is 2. The summed E-state index contributed by atoms with van der Waals surface area (Å²) in [5.74, 6) is 0.817. The molecule has 3 aromatic heterocycles. The second-order valence-corrected chi connectivity index (χ2v) is 4.31. The van der Waals surface area contributed by atoms with Gasteiger partial charge in [0.15, 0.2) is 5.82 Å². The van der Waals surface area contributed by atoms with E-state index in [2.05, 4.69) is 25.6 Å². The Morgan fingerprint density at radius 3 is 3.00 bits per heavy atom. The Bertz CT molecular complexity index is 740. The fourth-order valence-electron chi connectivity index (χ4n) is 1.93. The third-order valence-electron chi connectivity index (χ3n) is 2.79. The van der Waals surface area contributed by atoms with Gasteiger partial charge >= 0.3 is 0 Å². The van der Waals surface area contributed by atoms with Crippen LogP contribution in [0.3, 0.4) is 0 Å². The lowest BCUT2D eigenvalue weighted by Gasteiger charge is -2.07. The summed E-state index contributed by atoms with van der Waals surface area (Å²) in [6, 6.07) is 3.39. The fraction of sp³-hybridized carbons (Fsp3) is 0.250. The molecule has 0 atom stereocenters. The van der Waals surface area contributed by atoms with Gasteiger partial charge in [0.2, 0.25) is 0 Å². The van der Waals surface area contributed by atoms with E-state index in [1.54, 1.807) is 18.3 Å². The summed E-state index contributed by atoms with van der Waals surface area (Å²) in [6.45, 7) is 0.287. The summed E-state index contributed by atoms with van der Waals surface area (Å²) in [6.07, 6.45) is 0.0624. The number of aromatic amines is 1. The van der Waals surface area contributed by atoms with E-state index in [0.29, 0.717) is 17.0 Å². The predicted molar refractivity (Wildman–Crippen MR) is 70.5 cm³/mol. The molecule has 9 heteroatoms. The first kappa shape index (κ1) is 13.4. The summed E-state index contributed by atoms with van der Waals surface area (Å²) in [5, 5.41) is 13.6. The zero-order valence-electron chi connectivity index (χ0n) is 11.0. The third-order valence-corrected chi connectivity index (χ3v) is 2.79. The van der Waals surface area contributed by atoms with Gasteiger partial charge in [0.1, 0.15) is 17.0 Å². The molecule has 0 aliphatic heterocycles. The van der Waals surface area contributed by atoms with Crippen LogP contribution in [0.4, 0.5) is 20.4 Å². The van der Waals surface area contributed by atoms with Crippen molar-refractivity contribution in [3.8, 4) is 0 Å². The number of fused-ring (bicyclic) bond motifs is 1. The number of H-pyrrole nitrogens is 1. The lowest BCUT2D eigenvalue weighted by molar-refractivity contribution is 0.145. The van der Waals surface area contributed by atoms with Gasteiger partial charge in [-0.15, -0.1) is 0 Å². The van der Waals surface area contributed by atoms with E-state index in [1.165, 1.54) is 17.8 Å². The van der Waals surface area contributed by atoms with Gasteiger partial charge < -0.3 is 10.1 Å². The first-order valence-electron chi connectivity index (χ1n) is 6.10. The van der Waals surface area contributed by atoms with E-state index in [0.717, 1.165) is 0 Å². The molecule has 2 N–H and O–H groups in total. The Labute approximate surface area is 118 Å². The lowest BCUT2D eigenvalue weighted by atomic mass is 10.3. The Morgan fingerprint density at radius 2 is 2.33 bits per heavy atom. The zero-order chi connectivity index (χ0) is 14.8. The van der Waals surface area contributed by atoms with Crippen molar-refractivity contribution in [3.63, 3.8) is 0 Å². The number of nitrogens with zero attached hydrogens (tertiary/aromatic N) is 4. The van der Waals surface area contributed by atoms with Crippen LogP contribution in [0.15, 0.2) is 24.5 Å². The molecule has 3 heterocycles. The Kier molecular flexibility index (Phi) is 3.48. The van der Waals surface area contributed by atoms with E-state index in [-0.39, 0.29) is 18.1 Å². The van der Waals surface area contributed by atoms with Crippen LogP contribution in [0.5, 0.6) is 0 Å². The van der Waals surface area contributed by atoms with Crippen molar-refractivity contribution in [1.82, 2.24) is 24.8 Å². The second-order valence-electron chi connectivity index (χ2n) is 4.31. The van der Waals surface area contributed by atoms with Crippen molar-refractivity contribution in [3.05, 3.63) is 35.9 Å². The van der Waals surface area contributed by atoms with Gasteiger partial charge in [-0.25, -0.2) is 18.3 Å². The van der Waals surface area contributed by atoms with Gasteiger partial charge in [0.05, 0.1) is 24.7 Å². The van der Waals surface area contributed by atoms with Crippen LogP contribution >= 0.6 is 0 Å². The van der Waals surface area contributed by atoms with Gasteiger partial charge in [0.25, 0.3) is 6.43 Å². The average molecular weight is 294 g/mol. The highest BCUT2D eigenvalue weighted by atomic mass is 19.3. The number of alkyl halides is 2. The molecular formula is C12H12F2N6O. The predicted octanol–water partition coefficient (Wildman–Crippen LogP) is 2.28. The summed E-state index contributed by atoms with van der Waals surface area (Å²) in [7, 11) is 1.54. The van der Waals surface area contributed by atoms with Crippen molar-refractivity contribution < 1.29 is 13.5 Å². The van der Waals surface area contributed by atoms with E-state index in [4.69, 9.17) is 4.74 Å². The molecule has 0 aromatic carbocycles. The monoisotopic (exact) mass is 294 g/mol. The molecule has 7 nitrogen and oxygen atoms in total. The molecule has 0 bridgehead atoms. The van der Waals surface area contributed by atoms with Crippen LogP contribution in [-0.4, -0.2) is 31.9 Å². The number of halogens is 2. The molecule has 0 amide bonds. The van der Waals surface area contributed by atoms with Crippen molar-refractivity contribution in [1.29, 1.82) is 0 Å². The van der Waals surface area contributed by atoms with Crippen LogP contribution in [-0.2, 0) is 11.3 Å². The topological polar surface area (TPSA) is 80.1 Å². The zero-order valence-corrected chi connectivity index (χ0v) is 11.0. The Hall–Kier alpha value is -2.55. The highest BCUT2D eigenvalue weighted by molar-refractivity contribution is 5.72. The second kappa shape index (κ2) is 5.44. The molecule has 0 fully saturated rings. The molecule has 0 aliphatic carbocycles. The minimum Gasteiger partial charge on any atom is -0.378 e. The van der Waals surface area contributed by atoms with Crippen LogP contribution in [0.2, 0.25) is 0 Å². The van der Waals surface area contributed by atoms with Gasteiger partial charge in [-0.2, -0.15) is 10.2 Å². The number of rotatable bonds is 5. The average Bonchev–Trinajstić information content (AvgIpc) is 3.07. The molecular weight excluding hydrogens is 282 g/mol. The third kappa shape index (κ3) is 2.68. The van der Waals surface area contributed by atoms with E-state index in [1.807, 2.05) is 0 Å². The lowest BCUT2D eigenvalue weighted by Crippen LogP contribution is -2.03. The van der Waals surface area contributed by atoms with Gasteiger partial charge in [-0.3, -0.25) is 5.10 Å². The quantitative estimate of drug-likeness (QED) is 0.754. The molecule has 0 saturated carbocycles. The maximum atomic E-state index is 12.9. The summed E-state index contributed by atoms with van der Waals surface area (Å²) in [5.41, 5.74) is 0.830. The van der Waals surface area contributed by atoms with E-state index < -0.39 is 6.43 Å². The molecule has 3 rings (SSSR count). The standard InChI is InChI=1S/C12H12F2N6O/c1-21-6-7-4-9-12(17-10-2-3-15-18-10)16-8(11(13)14)5-20(9)19-7/h2-5,11H,6H2,1H3,(H2,15,16,17,18). The molecule has 0 radical (unpaired) electrons. The summed E-state index contributed by atoms with van der Waals surface area (Å²) < 4.78 is 32.2. The smallest absolute Gasteiger partial charge is 0.281 e. The Morgan fingerprint density at radius 1 is 1.48 bits per heavy atom. The molecule has 0 aliphatic rings. The van der Waals surface area contributed by atoms with Gasteiger partial charge in [0, 0.05) is 13.2 Å². The fourth-order valence-corrected chi connectivity index (χ4v) is 1.93. The first-order chi connectivity index (χ1) is 10.2. The summed E-state index contributed by atoms with van der Waals surface area (Å²) >= 11 is 0. The van der Waals surface area contributed by atoms with E-state index >= 15 is 0 Å². The number of nitrogens with one attached hydrogen (secondary N) is 2. The maximum absolute atomic E-state index is 12.9. The van der Waals surface area contributed by atoms with Crippen molar-refractivity contribution >= 4 is 17.2 Å². The number of hydrogen-bond acceptors (Lipinski definition) is 5. The van der Waals surface area contributed by atoms with Crippen LogP contribution in [0.25, 0.3) is 5.52 Å². The molecule has 3 aromatic rings. The largest absolute Gasteiger partial charge is 0.378 e. The van der Waals surface area contributed by atoms with Crippen molar-refractivity contribution in [2.75, 3.05) is 12.4 Å². The number of methoxy groups -OCH3 is 1. The minimum atomic E-state index is -2.69. The molecule has 0 spiro atoms. The minimum absolute atomic E-state index is 0.270. The van der Waals surface area contributed by atoms with Crippen molar-refractivity contribution in [2.24, 2.45) is 0 Å².